The Morgan fingerprint density at radius 1 is 1.27 bits per heavy atom. The molecule has 1 unspecified atom stereocenters. The molecule has 11 heteroatoms. The summed E-state index contributed by atoms with van der Waals surface area (Å²) in [6, 6.07) is 4.31. The van der Waals surface area contributed by atoms with Gasteiger partial charge in [0.15, 0.2) is 11.6 Å². The summed E-state index contributed by atoms with van der Waals surface area (Å²) in [4.78, 5) is 37.0. The molecule has 2 amide bonds. The number of ether oxygens (including phenoxy) is 1. The maximum atomic E-state index is 14.0. The predicted octanol–water partition coefficient (Wildman–Crippen LogP) is 3.15. The lowest BCUT2D eigenvalue weighted by Crippen LogP contribution is -2.45. The van der Waals surface area contributed by atoms with E-state index in [4.69, 9.17) is 4.74 Å². The molecule has 0 aliphatic heterocycles. The van der Waals surface area contributed by atoms with Gasteiger partial charge in [-0.05, 0) is 52.4 Å². The number of nitrogens with one attached hydrogen (secondary N) is 3. The predicted molar refractivity (Wildman–Crippen MR) is 154 cm³/mol. The zero-order valence-electron chi connectivity index (χ0n) is 23.8. The molecule has 0 saturated heterocycles. The minimum Gasteiger partial charge on any atom is -0.494 e. The van der Waals surface area contributed by atoms with Crippen LogP contribution in [0.4, 0.5) is 21.8 Å². The molecule has 2 aromatic rings. The van der Waals surface area contributed by atoms with Crippen molar-refractivity contribution in [3.8, 4) is 17.6 Å². The lowest BCUT2D eigenvalue weighted by molar-refractivity contribution is -0.135. The molecule has 1 fully saturated rings. The summed E-state index contributed by atoms with van der Waals surface area (Å²) in [6.45, 7) is 2.80. The first-order valence-electron chi connectivity index (χ1n) is 13.3. The van der Waals surface area contributed by atoms with E-state index in [1.807, 2.05) is 19.0 Å². The van der Waals surface area contributed by atoms with Crippen molar-refractivity contribution in [1.29, 1.82) is 0 Å². The van der Waals surface area contributed by atoms with Gasteiger partial charge in [-0.15, -0.1) is 0 Å². The zero-order valence-corrected chi connectivity index (χ0v) is 23.8. The minimum absolute atomic E-state index is 0.160. The summed E-state index contributed by atoms with van der Waals surface area (Å²) in [7, 11) is 6.86. The van der Waals surface area contributed by atoms with Crippen molar-refractivity contribution in [3.05, 3.63) is 47.9 Å². The van der Waals surface area contributed by atoms with E-state index in [1.165, 1.54) is 30.2 Å². The van der Waals surface area contributed by atoms with Crippen LogP contribution in [-0.4, -0.2) is 85.0 Å². The van der Waals surface area contributed by atoms with Crippen LogP contribution in [-0.2, 0) is 9.59 Å². The number of halogens is 1. The molecule has 3 N–H and O–H groups in total. The fourth-order valence-corrected chi connectivity index (χ4v) is 3.48. The van der Waals surface area contributed by atoms with Crippen LogP contribution in [0.3, 0.4) is 0 Å². The largest absolute Gasteiger partial charge is 0.494 e. The van der Waals surface area contributed by atoms with Crippen LogP contribution in [0.15, 0.2) is 36.5 Å². The number of unbranched alkanes of at least 4 members (excludes halogenated alkanes) is 1. The summed E-state index contributed by atoms with van der Waals surface area (Å²) in [5.41, 5.74) is 1.17. The molecule has 1 aromatic heterocycles. The third-order valence-corrected chi connectivity index (χ3v) is 6.15. The van der Waals surface area contributed by atoms with Crippen molar-refractivity contribution >= 4 is 29.3 Å². The molecule has 10 nitrogen and oxygen atoms in total. The number of carbonyl (C=O) groups is 2. The fourth-order valence-electron chi connectivity index (χ4n) is 3.48. The molecule has 40 heavy (non-hydrogen) atoms. The second kappa shape index (κ2) is 14.8. The number of hydrogen-bond acceptors (Lipinski definition) is 8. The van der Waals surface area contributed by atoms with Crippen LogP contribution in [0.1, 0.15) is 38.2 Å². The number of aromatic nitrogens is 2. The highest BCUT2D eigenvalue weighted by molar-refractivity contribution is 5.92. The maximum Gasteiger partial charge on any atom is 0.246 e. The molecule has 1 atom stereocenters. The van der Waals surface area contributed by atoms with E-state index in [2.05, 4.69) is 37.8 Å². The molecule has 3 rings (SSSR count). The monoisotopic (exact) mass is 551 g/mol. The summed E-state index contributed by atoms with van der Waals surface area (Å²) < 4.78 is 19.0. The van der Waals surface area contributed by atoms with E-state index in [0.29, 0.717) is 55.0 Å². The van der Waals surface area contributed by atoms with Gasteiger partial charge in [-0.3, -0.25) is 9.59 Å². The molecular weight excluding hydrogens is 513 g/mol. The van der Waals surface area contributed by atoms with Crippen LogP contribution in [0.25, 0.3) is 0 Å². The molecule has 1 aromatic carbocycles. The van der Waals surface area contributed by atoms with Crippen LogP contribution in [0.5, 0.6) is 5.75 Å². The Labute approximate surface area is 235 Å². The topological polar surface area (TPSA) is 112 Å². The SMILES string of the molecule is COc1ccc(Nc2ncc(C#CCCCNC(=O)C(C)N(C)C(=O)C=CCN(C)C)c(NC3CC3)n2)cc1F. The van der Waals surface area contributed by atoms with E-state index in [0.717, 1.165) is 12.8 Å². The van der Waals surface area contributed by atoms with Gasteiger partial charge in [0.1, 0.15) is 11.9 Å². The zero-order chi connectivity index (χ0) is 29.1. The van der Waals surface area contributed by atoms with Gasteiger partial charge in [0.2, 0.25) is 17.8 Å². The molecule has 214 valence electrons. The van der Waals surface area contributed by atoms with Crippen molar-refractivity contribution in [2.24, 2.45) is 0 Å². The highest BCUT2D eigenvalue weighted by atomic mass is 19.1. The van der Waals surface area contributed by atoms with Gasteiger partial charge in [-0.1, -0.05) is 17.9 Å². The smallest absolute Gasteiger partial charge is 0.246 e. The fraction of sp³-hybridized carbons (Fsp3) is 0.448. The number of rotatable bonds is 13. The second-order valence-corrected chi connectivity index (χ2v) is 9.83. The Bertz CT molecular complexity index is 1270. The summed E-state index contributed by atoms with van der Waals surface area (Å²) >= 11 is 0. The van der Waals surface area contributed by atoms with Crippen molar-refractivity contribution < 1.29 is 18.7 Å². The highest BCUT2D eigenvalue weighted by Gasteiger charge is 2.23. The van der Waals surface area contributed by atoms with Crippen LogP contribution in [0, 0.1) is 17.7 Å². The van der Waals surface area contributed by atoms with Gasteiger partial charge in [0.25, 0.3) is 0 Å². The molecule has 1 aliphatic carbocycles. The Balaban J connectivity index is 1.50. The number of benzene rings is 1. The average Bonchev–Trinajstić information content (AvgIpc) is 3.74. The van der Waals surface area contributed by atoms with Crippen LogP contribution < -0.4 is 20.7 Å². The van der Waals surface area contributed by atoms with Crippen LogP contribution in [0.2, 0.25) is 0 Å². The Kier molecular flexibility index (Phi) is 11.3. The molecule has 1 aliphatic rings. The van der Waals surface area contributed by atoms with Crippen molar-refractivity contribution in [1.82, 2.24) is 25.1 Å². The third kappa shape index (κ3) is 9.54. The maximum absolute atomic E-state index is 14.0. The summed E-state index contributed by atoms with van der Waals surface area (Å²) in [6.07, 6.45) is 8.23. The van der Waals surface area contributed by atoms with Gasteiger partial charge < -0.3 is 30.5 Å². The number of anilines is 3. The minimum atomic E-state index is -0.586. The average molecular weight is 552 g/mol. The van der Waals surface area contributed by atoms with Gasteiger partial charge in [0.05, 0.1) is 18.9 Å². The second-order valence-electron chi connectivity index (χ2n) is 9.83. The molecule has 1 saturated carbocycles. The number of hydrogen-bond donors (Lipinski definition) is 3. The Morgan fingerprint density at radius 3 is 2.73 bits per heavy atom. The molecule has 0 radical (unpaired) electrons. The number of methoxy groups -OCH3 is 1. The van der Waals surface area contributed by atoms with Crippen LogP contribution >= 0.6 is 0 Å². The standard InChI is InChI=1S/C29H38FN7O3/c1-20(37(4)26(38)11-9-17-36(2)3)28(39)31-16-8-6-7-10-21-19-32-29(35-27(21)33-22-12-13-22)34-23-14-15-25(40-5)24(30)18-23/h9,11,14-15,18-20,22H,6,8,12-13,16-17H2,1-5H3,(H,31,39)(H2,32,33,34,35). The number of amides is 2. The Hall–Kier alpha value is -4.17. The van der Waals surface area contributed by atoms with E-state index in [9.17, 15) is 14.0 Å². The van der Waals surface area contributed by atoms with Gasteiger partial charge >= 0.3 is 0 Å². The van der Waals surface area contributed by atoms with E-state index in [1.54, 1.807) is 32.3 Å². The van der Waals surface area contributed by atoms with Crippen molar-refractivity contribution in [2.45, 2.75) is 44.7 Å². The van der Waals surface area contributed by atoms with Crippen molar-refractivity contribution in [3.63, 3.8) is 0 Å². The first kappa shape index (κ1) is 30.4. The quantitative estimate of drug-likeness (QED) is 0.198. The third-order valence-electron chi connectivity index (χ3n) is 6.15. The summed E-state index contributed by atoms with van der Waals surface area (Å²) in [5.74, 6) is 6.43. The molecule has 0 spiro atoms. The van der Waals surface area contributed by atoms with E-state index in [-0.39, 0.29) is 17.6 Å². The van der Waals surface area contributed by atoms with Gasteiger partial charge in [-0.2, -0.15) is 4.98 Å². The molecular formula is C29H38FN7O3. The lowest BCUT2D eigenvalue weighted by atomic mass is 10.2. The summed E-state index contributed by atoms with van der Waals surface area (Å²) in [5, 5.41) is 9.25. The van der Waals surface area contributed by atoms with Gasteiger partial charge in [-0.25, -0.2) is 9.37 Å². The van der Waals surface area contributed by atoms with E-state index >= 15 is 0 Å². The van der Waals surface area contributed by atoms with E-state index < -0.39 is 11.9 Å². The normalized spacial score (nSPS) is 13.4. The first-order valence-corrected chi connectivity index (χ1v) is 13.3. The first-order chi connectivity index (χ1) is 19.2. The Morgan fingerprint density at radius 2 is 2.05 bits per heavy atom. The van der Waals surface area contributed by atoms with Gasteiger partial charge in [0, 0.05) is 50.4 Å². The molecule has 0 bridgehead atoms. The highest BCUT2D eigenvalue weighted by Crippen LogP contribution is 2.27. The van der Waals surface area contributed by atoms with Crippen molar-refractivity contribution in [2.75, 3.05) is 52.0 Å². The number of nitrogens with zero attached hydrogens (tertiary/aromatic N) is 4. The number of likely N-dealkylation sites (N-methyl/N-ethyl adjacent to an activating group) is 2. The molecule has 1 heterocycles. The number of carbonyl (C=O) groups excluding carboxylic acids is 2. The lowest BCUT2D eigenvalue weighted by Gasteiger charge is -2.23.